The molecule has 4 aromatic rings. The molecule has 0 saturated heterocycles. The van der Waals surface area contributed by atoms with Crippen molar-refractivity contribution in [3.63, 3.8) is 0 Å². The fourth-order valence-corrected chi connectivity index (χ4v) is 3.02. The minimum atomic E-state index is -0.0519. The molecule has 0 bridgehead atoms. The molecular weight excluding hydrogens is 306 g/mol. The largest absolute Gasteiger partial charge is 0.276 e. The van der Waals surface area contributed by atoms with Gasteiger partial charge in [-0.05, 0) is 29.3 Å². The van der Waals surface area contributed by atoms with Crippen LogP contribution in [0, 0.1) is 0 Å². The third-order valence-corrected chi connectivity index (χ3v) is 4.22. The number of benzene rings is 3. The lowest BCUT2D eigenvalue weighted by atomic mass is 10.1. The van der Waals surface area contributed by atoms with E-state index >= 15 is 0 Å². The lowest BCUT2D eigenvalue weighted by Gasteiger charge is -2.07. The van der Waals surface area contributed by atoms with Crippen LogP contribution in [0.15, 0.2) is 97.1 Å². The van der Waals surface area contributed by atoms with Crippen molar-refractivity contribution in [2.45, 2.75) is 0 Å². The Kier molecular flexibility index (Phi) is 4.01. The Morgan fingerprint density at radius 2 is 1.40 bits per heavy atom. The smallest absolute Gasteiger partial charge is 0.255 e. The number of aromatic nitrogens is 1. The van der Waals surface area contributed by atoms with Crippen LogP contribution in [0.2, 0.25) is 0 Å². The van der Waals surface area contributed by atoms with Gasteiger partial charge >= 0.3 is 0 Å². The van der Waals surface area contributed by atoms with Gasteiger partial charge in [-0.1, -0.05) is 78.9 Å². The van der Waals surface area contributed by atoms with E-state index in [9.17, 15) is 4.79 Å². The predicted octanol–water partition coefficient (Wildman–Crippen LogP) is 5.66. The molecule has 4 rings (SSSR count). The third-order valence-electron chi connectivity index (χ3n) is 4.22. The van der Waals surface area contributed by atoms with Crippen LogP contribution < -0.4 is 0 Å². The van der Waals surface area contributed by atoms with E-state index in [0.29, 0.717) is 0 Å². The van der Waals surface area contributed by atoms with Crippen LogP contribution in [0.1, 0.15) is 10.4 Å². The van der Waals surface area contributed by atoms with Gasteiger partial charge in [0.1, 0.15) is 0 Å². The summed E-state index contributed by atoms with van der Waals surface area (Å²) in [5.74, 6) is -0.0519. The minimum absolute atomic E-state index is 0.0519. The van der Waals surface area contributed by atoms with E-state index < -0.39 is 0 Å². The maximum atomic E-state index is 13.0. The number of hydrogen-bond acceptors (Lipinski definition) is 1. The van der Waals surface area contributed by atoms with Gasteiger partial charge in [0.2, 0.25) is 0 Å². The van der Waals surface area contributed by atoms with Crippen LogP contribution >= 0.6 is 0 Å². The normalized spacial score (nSPS) is 11.2. The first-order chi connectivity index (χ1) is 12.3. The average Bonchev–Trinajstić information content (AvgIpc) is 3.07. The Labute approximate surface area is 146 Å². The summed E-state index contributed by atoms with van der Waals surface area (Å²) in [6.07, 6.45) is 3.49. The molecule has 25 heavy (non-hydrogen) atoms. The Balaban J connectivity index is 1.82. The van der Waals surface area contributed by atoms with Crippen molar-refractivity contribution in [3.05, 3.63) is 103 Å². The first kappa shape index (κ1) is 15.2. The molecule has 3 aromatic carbocycles. The first-order valence-electron chi connectivity index (χ1n) is 8.26. The predicted molar refractivity (Wildman–Crippen MR) is 103 cm³/mol. The SMILES string of the molecule is O=C(/C=C/c1ccccc1)n1c(-c2ccccc2)cc2ccccc21. The second kappa shape index (κ2) is 6.62. The lowest BCUT2D eigenvalue weighted by Crippen LogP contribution is -2.08. The fourth-order valence-electron chi connectivity index (χ4n) is 3.02. The number of fused-ring (bicyclic) bond motifs is 1. The maximum absolute atomic E-state index is 13.0. The summed E-state index contributed by atoms with van der Waals surface area (Å²) in [5, 5.41) is 1.06. The van der Waals surface area contributed by atoms with Crippen LogP contribution in [-0.2, 0) is 0 Å². The van der Waals surface area contributed by atoms with Crippen LogP contribution in [0.25, 0.3) is 28.2 Å². The molecule has 0 spiro atoms. The molecule has 0 aliphatic carbocycles. The van der Waals surface area contributed by atoms with Crippen LogP contribution in [0.5, 0.6) is 0 Å². The molecule has 0 unspecified atom stereocenters. The summed E-state index contributed by atoms with van der Waals surface area (Å²) in [5.41, 5.74) is 3.86. The minimum Gasteiger partial charge on any atom is -0.276 e. The van der Waals surface area contributed by atoms with Gasteiger partial charge < -0.3 is 0 Å². The number of rotatable bonds is 3. The van der Waals surface area contributed by atoms with E-state index in [-0.39, 0.29) is 5.91 Å². The topological polar surface area (TPSA) is 22.0 Å². The van der Waals surface area contributed by atoms with Gasteiger partial charge in [0, 0.05) is 11.5 Å². The van der Waals surface area contributed by atoms with Crippen molar-refractivity contribution in [3.8, 4) is 11.3 Å². The van der Waals surface area contributed by atoms with E-state index in [4.69, 9.17) is 0 Å². The highest BCUT2D eigenvalue weighted by Gasteiger charge is 2.14. The Hall–Kier alpha value is -3.39. The van der Waals surface area contributed by atoms with E-state index in [1.165, 1.54) is 0 Å². The van der Waals surface area contributed by atoms with Gasteiger partial charge in [-0.3, -0.25) is 9.36 Å². The summed E-state index contributed by atoms with van der Waals surface area (Å²) in [4.78, 5) is 13.0. The zero-order chi connectivity index (χ0) is 17.1. The van der Waals surface area contributed by atoms with Crippen molar-refractivity contribution in [2.75, 3.05) is 0 Å². The highest BCUT2D eigenvalue weighted by Crippen LogP contribution is 2.28. The first-order valence-corrected chi connectivity index (χ1v) is 8.26. The van der Waals surface area contributed by atoms with E-state index in [0.717, 1.165) is 27.7 Å². The monoisotopic (exact) mass is 323 g/mol. The average molecular weight is 323 g/mol. The van der Waals surface area contributed by atoms with E-state index in [2.05, 4.69) is 6.07 Å². The molecule has 0 aliphatic heterocycles. The highest BCUT2D eigenvalue weighted by molar-refractivity contribution is 6.04. The number of para-hydroxylation sites is 1. The van der Waals surface area contributed by atoms with Crippen LogP contribution in [0.3, 0.4) is 0 Å². The molecule has 0 aliphatic rings. The van der Waals surface area contributed by atoms with E-state index in [1.54, 1.807) is 10.6 Å². The standard InChI is InChI=1S/C23H17NO/c25-23(16-15-18-9-3-1-4-10-18)24-21-14-8-7-13-20(21)17-22(24)19-11-5-2-6-12-19/h1-17H/b16-15+. The van der Waals surface area contributed by atoms with Gasteiger partial charge in [-0.2, -0.15) is 0 Å². The Bertz CT molecular complexity index is 1040. The molecule has 0 N–H and O–H groups in total. The molecule has 0 amide bonds. The van der Waals surface area contributed by atoms with Crippen molar-refractivity contribution in [1.29, 1.82) is 0 Å². The highest BCUT2D eigenvalue weighted by atomic mass is 16.1. The molecule has 0 atom stereocenters. The molecule has 1 heterocycles. The molecule has 2 heteroatoms. The molecule has 2 nitrogen and oxygen atoms in total. The number of allylic oxidation sites excluding steroid dienone is 1. The van der Waals surface area contributed by atoms with Gasteiger partial charge in [0.25, 0.3) is 5.91 Å². The number of carbonyl (C=O) groups excluding carboxylic acids is 1. The van der Waals surface area contributed by atoms with Crippen molar-refractivity contribution in [1.82, 2.24) is 4.57 Å². The summed E-state index contributed by atoms with van der Waals surface area (Å²) in [6.45, 7) is 0. The summed E-state index contributed by atoms with van der Waals surface area (Å²) in [6, 6.07) is 29.9. The van der Waals surface area contributed by atoms with Crippen LogP contribution in [-0.4, -0.2) is 10.5 Å². The maximum Gasteiger partial charge on any atom is 0.255 e. The molecular formula is C23H17NO. The van der Waals surface area contributed by atoms with Crippen molar-refractivity contribution < 1.29 is 4.79 Å². The Morgan fingerprint density at radius 3 is 2.16 bits per heavy atom. The summed E-state index contributed by atoms with van der Waals surface area (Å²) < 4.78 is 1.78. The molecule has 120 valence electrons. The zero-order valence-electron chi connectivity index (χ0n) is 13.7. The van der Waals surface area contributed by atoms with Crippen LogP contribution in [0.4, 0.5) is 0 Å². The van der Waals surface area contributed by atoms with Crippen molar-refractivity contribution >= 4 is 22.9 Å². The quantitative estimate of drug-likeness (QED) is 0.446. The molecule has 0 radical (unpaired) electrons. The van der Waals surface area contributed by atoms with Gasteiger partial charge in [0.05, 0.1) is 11.2 Å². The summed E-state index contributed by atoms with van der Waals surface area (Å²) in [7, 11) is 0. The van der Waals surface area contributed by atoms with Gasteiger partial charge in [-0.15, -0.1) is 0 Å². The van der Waals surface area contributed by atoms with Crippen molar-refractivity contribution in [2.24, 2.45) is 0 Å². The number of nitrogens with zero attached hydrogens (tertiary/aromatic N) is 1. The fraction of sp³-hybridized carbons (Fsp3) is 0. The lowest BCUT2D eigenvalue weighted by molar-refractivity contribution is 0.0976. The van der Waals surface area contributed by atoms with E-state index in [1.807, 2.05) is 91.0 Å². The molecule has 1 aromatic heterocycles. The Morgan fingerprint density at radius 1 is 0.760 bits per heavy atom. The number of carbonyl (C=O) groups is 1. The molecule has 0 saturated carbocycles. The van der Waals surface area contributed by atoms with Gasteiger partial charge in [-0.25, -0.2) is 0 Å². The second-order valence-corrected chi connectivity index (χ2v) is 5.87. The summed E-state index contributed by atoms with van der Waals surface area (Å²) >= 11 is 0. The third kappa shape index (κ3) is 3.02. The second-order valence-electron chi connectivity index (χ2n) is 5.87. The van der Waals surface area contributed by atoms with Gasteiger partial charge in [0.15, 0.2) is 0 Å². The molecule has 0 fully saturated rings. The zero-order valence-corrected chi connectivity index (χ0v) is 13.7. The number of hydrogen-bond donors (Lipinski definition) is 0.